The maximum Gasteiger partial charge on any atom is 0.349 e. The fourth-order valence-electron chi connectivity index (χ4n) is 0.801. The Kier molecular flexibility index (Phi) is 3.70. The Morgan fingerprint density at radius 1 is 1.31 bits per heavy atom. The molecule has 1 rings (SSSR count). The van der Waals surface area contributed by atoms with E-state index in [1.807, 2.05) is 0 Å². The number of hydrogen-bond acceptors (Lipinski definition) is 6. The highest BCUT2D eigenvalue weighted by Gasteiger charge is 2.11. The van der Waals surface area contributed by atoms with Gasteiger partial charge in [0.05, 0.1) is 27.3 Å². The van der Waals surface area contributed by atoms with Gasteiger partial charge in [-0.2, -0.15) is 15.0 Å². The van der Waals surface area contributed by atoms with Crippen LogP contribution in [0.4, 0.5) is 4.79 Å². The van der Waals surface area contributed by atoms with Crippen molar-refractivity contribution in [3.63, 3.8) is 0 Å². The molecule has 0 atom stereocenters. The van der Waals surface area contributed by atoms with Crippen molar-refractivity contribution in [3.05, 3.63) is 6.07 Å². The molecule has 16 heavy (non-hydrogen) atoms. The van der Waals surface area contributed by atoms with Crippen molar-refractivity contribution in [2.75, 3.05) is 21.3 Å². The quantitative estimate of drug-likeness (QED) is 0.716. The Morgan fingerprint density at radius 3 is 2.19 bits per heavy atom. The van der Waals surface area contributed by atoms with Crippen LogP contribution in [0.5, 0.6) is 17.8 Å². The molecule has 0 bridgehead atoms. The third-order valence-electron chi connectivity index (χ3n) is 1.61. The SMILES string of the molecule is COc1cc(OC)nc(ON(C)C(N)=O)n1. The molecule has 0 aliphatic heterocycles. The summed E-state index contributed by atoms with van der Waals surface area (Å²) in [4.78, 5) is 23.3. The Labute approximate surface area is 91.9 Å². The number of carbonyl (C=O) groups excluding carboxylic acids is 1. The van der Waals surface area contributed by atoms with Crippen molar-refractivity contribution in [1.29, 1.82) is 0 Å². The first-order valence-electron chi connectivity index (χ1n) is 4.25. The second-order valence-corrected chi connectivity index (χ2v) is 2.66. The van der Waals surface area contributed by atoms with Crippen LogP contribution in [-0.4, -0.2) is 42.3 Å². The standard InChI is InChI=1S/C8H12N4O4/c1-12(7(9)13)16-8-10-5(14-2)4-6(11-8)15-3/h4H,1-3H3,(H2,9,13). The molecule has 2 N–H and O–H groups in total. The Hall–Kier alpha value is -2.25. The smallest absolute Gasteiger partial charge is 0.349 e. The van der Waals surface area contributed by atoms with E-state index in [1.54, 1.807) is 0 Å². The molecule has 0 unspecified atom stereocenters. The molecular weight excluding hydrogens is 216 g/mol. The number of hydrogen-bond donors (Lipinski definition) is 1. The number of methoxy groups -OCH3 is 2. The van der Waals surface area contributed by atoms with Gasteiger partial charge in [-0.1, -0.05) is 0 Å². The zero-order chi connectivity index (χ0) is 12.1. The average molecular weight is 228 g/mol. The third kappa shape index (κ3) is 2.87. The summed E-state index contributed by atoms with van der Waals surface area (Å²) in [7, 11) is 4.20. The lowest BCUT2D eigenvalue weighted by Crippen LogP contribution is -2.35. The minimum atomic E-state index is -0.773. The zero-order valence-electron chi connectivity index (χ0n) is 9.13. The van der Waals surface area contributed by atoms with Gasteiger partial charge in [-0.25, -0.2) is 4.79 Å². The van der Waals surface area contributed by atoms with Crippen molar-refractivity contribution in [1.82, 2.24) is 15.0 Å². The summed E-state index contributed by atoms with van der Waals surface area (Å²) in [6.07, 6.45) is 0. The molecular formula is C8H12N4O4. The van der Waals surface area contributed by atoms with Crippen LogP contribution in [0.3, 0.4) is 0 Å². The maximum absolute atomic E-state index is 10.7. The van der Waals surface area contributed by atoms with Crippen molar-refractivity contribution in [2.24, 2.45) is 5.73 Å². The van der Waals surface area contributed by atoms with Gasteiger partial charge in [0.1, 0.15) is 0 Å². The summed E-state index contributed by atoms with van der Waals surface area (Å²) >= 11 is 0. The molecule has 0 saturated carbocycles. The number of urea groups is 1. The molecule has 1 aromatic rings. The monoisotopic (exact) mass is 228 g/mol. The topological polar surface area (TPSA) is 99.8 Å². The normalized spacial score (nSPS) is 9.44. The van der Waals surface area contributed by atoms with E-state index in [1.165, 1.54) is 27.3 Å². The van der Waals surface area contributed by atoms with Gasteiger partial charge in [0, 0.05) is 0 Å². The molecule has 1 aromatic heterocycles. The molecule has 0 spiro atoms. The number of rotatable bonds is 4. The van der Waals surface area contributed by atoms with Gasteiger partial charge in [-0.3, -0.25) is 0 Å². The van der Waals surface area contributed by atoms with Crippen LogP contribution >= 0.6 is 0 Å². The summed E-state index contributed by atoms with van der Waals surface area (Å²) in [5.74, 6) is 0.499. The first-order chi connectivity index (χ1) is 7.56. The molecule has 2 amide bonds. The number of primary amides is 1. The number of nitrogens with two attached hydrogens (primary N) is 1. The van der Waals surface area contributed by atoms with Crippen LogP contribution in [-0.2, 0) is 0 Å². The molecule has 8 heteroatoms. The van der Waals surface area contributed by atoms with Crippen molar-refractivity contribution in [2.45, 2.75) is 0 Å². The van der Waals surface area contributed by atoms with E-state index in [-0.39, 0.29) is 17.8 Å². The molecule has 0 aliphatic carbocycles. The summed E-state index contributed by atoms with van der Waals surface area (Å²) in [6.45, 7) is 0. The van der Waals surface area contributed by atoms with Crippen LogP contribution in [0.2, 0.25) is 0 Å². The van der Waals surface area contributed by atoms with Crippen LogP contribution < -0.4 is 20.0 Å². The number of hydroxylamine groups is 2. The summed E-state index contributed by atoms with van der Waals surface area (Å²) in [5, 5.41) is 0.786. The van der Waals surface area contributed by atoms with E-state index >= 15 is 0 Å². The fourth-order valence-corrected chi connectivity index (χ4v) is 0.801. The highest BCUT2D eigenvalue weighted by Crippen LogP contribution is 2.18. The Bertz CT molecular complexity index is 362. The third-order valence-corrected chi connectivity index (χ3v) is 1.61. The van der Waals surface area contributed by atoms with E-state index < -0.39 is 6.03 Å². The zero-order valence-corrected chi connectivity index (χ0v) is 9.13. The van der Waals surface area contributed by atoms with Crippen LogP contribution in [0, 0.1) is 0 Å². The van der Waals surface area contributed by atoms with Crippen molar-refractivity contribution in [3.8, 4) is 17.8 Å². The van der Waals surface area contributed by atoms with Crippen LogP contribution in [0.15, 0.2) is 6.07 Å². The van der Waals surface area contributed by atoms with Gasteiger partial charge in [-0.05, 0) is 0 Å². The minimum Gasteiger partial charge on any atom is -0.481 e. The maximum atomic E-state index is 10.7. The predicted molar refractivity (Wildman–Crippen MR) is 53.1 cm³/mol. The highest BCUT2D eigenvalue weighted by atomic mass is 16.7. The molecule has 0 fully saturated rings. The second-order valence-electron chi connectivity index (χ2n) is 2.66. The summed E-state index contributed by atoms with van der Waals surface area (Å²) in [5.41, 5.74) is 4.97. The Morgan fingerprint density at radius 2 is 1.81 bits per heavy atom. The lowest BCUT2D eigenvalue weighted by Gasteiger charge is -2.13. The van der Waals surface area contributed by atoms with E-state index in [0.29, 0.717) is 0 Å². The van der Waals surface area contributed by atoms with E-state index in [0.717, 1.165) is 5.06 Å². The van der Waals surface area contributed by atoms with E-state index in [4.69, 9.17) is 20.0 Å². The lowest BCUT2D eigenvalue weighted by molar-refractivity contribution is 0.00535. The lowest BCUT2D eigenvalue weighted by atomic mass is 10.6. The van der Waals surface area contributed by atoms with Gasteiger partial charge in [0.15, 0.2) is 0 Å². The van der Waals surface area contributed by atoms with Gasteiger partial charge >= 0.3 is 12.0 Å². The molecule has 0 saturated heterocycles. The number of nitrogens with zero attached hydrogens (tertiary/aromatic N) is 3. The van der Waals surface area contributed by atoms with Crippen LogP contribution in [0.25, 0.3) is 0 Å². The van der Waals surface area contributed by atoms with Gasteiger partial charge < -0.3 is 20.0 Å². The molecule has 1 heterocycles. The Balaban J connectivity index is 2.90. The number of ether oxygens (including phenoxy) is 2. The van der Waals surface area contributed by atoms with Crippen molar-refractivity contribution >= 4 is 6.03 Å². The average Bonchev–Trinajstić information content (AvgIpc) is 2.28. The summed E-state index contributed by atoms with van der Waals surface area (Å²) < 4.78 is 9.79. The summed E-state index contributed by atoms with van der Waals surface area (Å²) in [6, 6.07) is 0.597. The van der Waals surface area contributed by atoms with Crippen LogP contribution in [0.1, 0.15) is 0 Å². The molecule has 88 valence electrons. The first kappa shape index (κ1) is 11.8. The van der Waals surface area contributed by atoms with Gasteiger partial charge in [0.25, 0.3) is 0 Å². The first-order valence-corrected chi connectivity index (χ1v) is 4.25. The number of aromatic nitrogens is 2. The molecule has 8 nitrogen and oxygen atoms in total. The molecule has 0 aromatic carbocycles. The molecule has 0 radical (unpaired) electrons. The van der Waals surface area contributed by atoms with E-state index in [9.17, 15) is 4.79 Å². The largest absolute Gasteiger partial charge is 0.481 e. The highest BCUT2D eigenvalue weighted by molar-refractivity contribution is 5.70. The van der Waals surface area contributed by atoms with E-state index in [2.05, 4.69) is 9.97 Å². The predicted octanol–water partition coefficient (Wildman–Crippen LogP) is -0.202. The fraction of sp³-hybridized carbons (Fsp3) is 0.375. The number of carbonyl (C=O) groups is 1. The number of amides is 2. The van der Waals surface area contributed by atoms with Crippen molar-refractivity contribution < 1.29 is 19.1 Å². The second kappa shape index (κ2) is 5.01. The van der Waals surface area contributed by atoms with Gasteiger partial charge in [0.2, 0.25) is 11.8 Å². The minimum absolute atomic E-state index is 0.0995. The molecule has 0 aliphatic rings. The van der Waals surface area contributed by atoms with Gasteiger partial charge in [-0.15, -0.1) is 0 Å².